The number of nitrogens with zero attached hydrogens (tertiary/aromatic N) is 1. The third-order valence-electron chi connectivity index (χ3n) is 3.11. The summed E-state index contributed by atoms with van der Waals surface area (Å²) in [5.74, 6) is 0.612. The molecule has 1 aromatic carbocycles. The molecule has 0 fully saturated rings. The quantitative estimate of drug-likeness (QED) is 0.741. The molecule has 4 nitrogen and oxygen atoms in total. The van der Waals surface area contributed by atoms with Crippen molar-refractivity contribution in [2.24, 2.45) is 0 Å². The highest BCUT2D eigenvalue weighted by molar-refractivity contribution is 9.10. The molecule has 2 aromatic rings. The molecule has 0 saturated carbocycles. The maximum absolute atomic E-state index is 11.4. The molecule has 0 unspecified atom stereocenters. The van der Waals surface area contributed by atoms with Crippen molar-refractivity contribution in [2.75, 3.05) is 0 Å². The minimum atomic E-state index is -3.75. The Bertz CT molecular complexity index is 761. The number of benzene rings is 1. The number of hydrogen-bond donors (Lipinski definition) is 0. The van der Waals surface area contributed by atoms with Gasteiger partial charge in [0, 0.05) is 21.4 Å². The average Bonchev–Trinajstić information content (AvgIpc) is 2.41. The van der Waals surface area contributed by atoms with E-state index in [1.54, 1.807) is 26.1 Å². The third kappa shape index (κ3) is 3.96. The molecule has 0 radical (unpaired) electrons. The zero-order valence-corrected chi connectivity index (χ0v) is 14.6. The van der Waals surface area contributed by atoms with E-state index in [1.807, 2.05) is 12.1 Å². The van der Waals surface area contributed by atoms with E-state index in [0.717, 1.165) is 15.7 Å². The van der Waals surface area contributed by atoms with Crippen LogP contribution in [0.5, 0.6) is 5.75 Å². The van der Waals surface area contributed by atoms with E-state index in [2.05, 4.69) is 20.9 Å². The molecule has 0 aliphatic rings. The molecule has 21 heavy (non-hydrogen) atoms. The minimum Gasteiger partial charge on any atom is -0.487 e. The van der Waals surface area contributed by atoms with Crippen molar-refractivity contribution in [2.45, 2.75) is 25.3 Å². The van der Waals surface area contributed by atoms with E-state index in [-0.39, 0.29) is 4.90 Å². The highest BCUT2D eigenvalue weighted by Gasteiger charge is 2.17. The topological polar surface area (TPSA) is 56.3 Å². The SMILES string of the molecule is Cc1c(OCc2ccc(Br)cn2)ccc(S(=O)(=O)Cl)c1C. The number of pyridine rings is 1. The predicted octanol–water partition coefficient (Wildman–Crippen LogP) is 3.97. The molecule has 0 bridgehead atoms. The van der Waals surface area contributed by atoms with Crippen LogP contribution in [0.3, 0.4) is 0 Å². The Morgan fingerprint density at radius 3 is 2.48 bits per heavy atom. The Hall–Kier alpha value is -1.11. The molecule has 112 valence electrons. The lowest BCUT2D eigenvalue weighted by Crippen LogP contribution is -2.02. The summed E-state index contributed by atoms with van der Waals surface area (Å²) < 4.78 is 29.5. The summed E-state index contributed by atoms with van der Waals surface area (Å²) in [7, 11) is 1.65. The summed E-state index contributed by atoms with van der Waals surface area (Å²) in [6.07, 6.45) is 1.69. The minimum absolute atomic E-state index is 0.107. The van der Waals surface area contributed by atoms with E-state index in [0.29, 0.717) is 17.9 Å². The van der Waals surface area contributed by atoms with Crippen LogP contribution in [0.2, 0.25) is 0 Å². The van der Waals surface area contributed by atoms with Gasteiger partial charge in [0.1, 0.15) is 12.4 Å². The van der Waals surface area contributed by atoms with Gasteiger partial charge in [0.05, 0.1) is 10.6 Å². The van der Waals surface area contributed by atoms with E-state index in [1.165, 1.54) is 6.07 Å². The van der Waals surface area contributed by atoms with Crippen molar-refractivity contribution < 1.29 is 13.2 Å². The first-order valence-electron chi connectivity index (χ1n) is 6.07. The van der Waals surface area contributed by atoms with E-state index < -0.39 is 9.05 Å². The zero-order valence-electron chi connectivity index (χ0n) is 11.4. The standard InChI is InChI=1S/C14H13BrClNO3S/c1-9-10(2)14(21(16,18)19)6-5-13(9)20-8-12-4-3-11(15)7-17-12/h3-7H,8H2,1-2H3. The van der Waals surface area contributed by atoms with Crippen LogP contribution in [0.4, 0.5) is 0 Å². The first-order valence-corrected chi connectivity index (χ1v) is 9.17. The summed E-state index contributed by atoms with van der Waals surface area (Å²) in [6.45, 7) is 3.81. The van der Waals surface area contributed by atoms with Crippen molar-refractivity contribution >= 4 is 35.7 Å². The van der Waals surface area contributed by atoms with Crippen molar-refractivity contribution in [1.82, 2.24) is 4.98 Å². The monoisotopic (exact) mass is 389 g/mol. The van der Waals surface area contributed by atoms with Crippen LogP contribution in [-0.4, -0.2) is 13.4 Å². The fourth-order valence-corrected chi connectivity index (χ4v) is 3.32. The highest BCUT2D eigenvalue weighted by Crippen LogP contribution is 2.29. The van der Waals surface area contributed by atoms with Gasteiger partial charge in [0.25, 0.3) is 9.05 Å². The Balaban J connectivity index is 2.22. The summed E-state index contributed by atoms with van der Waals surface area (Å²) >= 11 is 3.32. The van der Waals surface area contributed by atoms with Crippen molar-refractivity contribution in [1.29, 1.82) is 0 Å². The normalized spacial score (nSPS) is 11.4. The molecule has 0 spiro atoms. The van der Waals surface area contributed by atoms with Crippen molar-refractivity contribution in [3.8, 4) is 5.75 Å². The highest BCUT2D eigenvalue weighted by atomic mass is 79.9. The number of ether oxygens (including phenoxy) is 1. The molecule has 1 heterocycles. The summed E-state index contributed by atoms with van der Waals surface area (Å²) in [5.41, 5.74) is 2.12. The van der Waals surface area contributed by atoms with E-state index in [9.17, 15) is 8.42 Å². The van der Waals surface area contributed by atoms with Gasteiger partial charge in [-0.15, -0.1) is 0 Å². The van der Waals surface area contributed by atoms with E-state index >= 15 is 0 Å². The van der Waals surface area contributed by atoms with Crippen LogP contribution in [0.15, 0.2) is 39.8 Å². The molecular weight excluding hydrogens is 378 g/mol. The van der Waals surface area contributed by atoms with Crippen LogP contribution in [0.1, 0.15) is 16.8 Å². The predicted molar refractivity (Wildman–Crippen MR) is 85.2 cm³/mol. The lowest BCUT2D eigenvalue weighted by Gasteiger charge is -2.13. The van der Waals surface area contributed by atoms with Crippen LogP contribution < -0.4 is 4.74 Å². The Kier molecular flexibility index (Phi) is 4.91. The Morgan fingerprint density at radius 1 is 1.19 bits per heavy atom. The van der Waals surface area contributed by atoms with Gasteiger partial charge in [-0.3, -0.25) is 4.98 Å². The smallest absolute Gasteiger partial charge is 0.261 e. The first-order chi connectivity index (χ1) is 9.79. The number of rotatable bonds is 4. The number of hydrogen-bond acceptors (Lipinski definition) is 4. The first kappa shape index (κ1) is 16.3. The lowest BCUT2D eigenvalue weighted by atomic mass is 10.1. The van der Waals surface area contributed by atoms with Gasteiger partial charge >= 0.3 is 0 Å². The Labute approximate surface area is 136 Å². The maximum Gasteiger partial charge on any atom is 0.261 e. The largest absolute Gasteiger partial charge is 0.487 e. The molecule has 0 N–H and O–H groups in total. The second-order valence-electron chi connectivity index (χ2n) is 4.51. The van der Waals surface area contributed by atoms with Crippen LogP contribution in [-0.2, 0) is 15.7 Å². The fraction of sp³-hybridized carbons (Fsp3) is 0.214. The molecule has 0 saturated heterocycles. The second kappa shape index (κ2) is 6.34. The maximum atomic E-state index is 11.4. The van der Waals surface area contributed by atoms with Gasteiger partial charge in [-0.05, 0) is 65.2 Å². The summed E-state index contributed by atoms with van der Waals surface area (Å²) in [4.78, 5) is 4.32. The molecule has 0 aliphatic heterocycles. The fourth-order valence-electron chi connectivity index (χ4n) is 1.83. The Morgan fingerprint density at radius 2 is 1.90 bits per heavy atom. The van der Waals surface area contributed by atoms with Gasteiger partial charge in [-0.25, -0.2) is 8.42 Å². The van der Waals surface area contributed by atoms with Crippen LogP contribution >= 0.6 is 26.6 Å². The van der Waals surface area contributed by atoms with Gasteiger partial charge in [-0.2, -0.15) is 0 Å². The zero-order chi connectivity index (χ0) is 15.6. The molecule has 0 aliphatic carbocycles. The van der Waals surface area contributed by atoms with Gasteiger partial charge in [0.2, 0.25) is 0 Å². The summed E-state index contributed by atoms with van der Waals surface area (Å²) in [5, 5.41) is 0. The van der Waals surface area contributed by atoms with Gasteiger partial charge < -0.3 is 4.74 Å². The molecule has 0 amide bonds. The summed E-state index contributed by atoms with van der Waals surface area (Å²) in [6, 6.07) is 6.79. The lowest BCUT2D eigenvalue weighted by molar-refractivity contribution is 0.298. The van der Waals surface area contributed by atoms with Crippen molar-refractivity contribution in [3.63, 3.8) is 0 Å². The van der Waals surface area contributed by atoms with E-state index in [4.69, 9.17) is 15.4 Å². The van der Waals surface area contributed by atoms with Crippen molar-refractivity contribution in [3.05, 3.63) is 51.8 Å². The average molecular weight is 391 g/mol. The van der Waals surface area contributed by atoms with Crippen LogP contribution in [0.25, 0.3) is 0 Å². The molecular formula is C14H13BrClNO3S. The molecule has 7 heteroatoms. The van der Waals surface area contributed by atoms with Crippen LogP contribution in [0, 0.1) is 13.8 Å². The molecule has 1 aromatic heterocycles. The molecule has 0 atom stereocenters. The number of halogens is 2. The third-order valence-corrected chi connectivity index (χ3v) is 5.05. The van der Waals surface area contributed by atoms with Gasteiger partial charge in [-0.1, -0.05) is 0 Å². The van der Waals surface area contributed by atoms with Gasteiger partial charge in [0.15, 0.2) is 0 Å². The second-order valence-corrected chi connectivity index (χ2v) is 7.96. The molecule has 2 rings (SSSR count). The number of aromatic nitrogens is 1.